The number of rotatable bonds is 9. The van der Waals surface area contributed by atoms with Gasteiger partial charge in [-0.25, -0.2) is 0 Å². The monoisotopic (exact) mass is 252 g/mol. The fourth-order valence-corrected chi connectivity index (χ4v) is 2.70. The molecule has 1 aromatic carbocycles. The Bertz CT molecular complexity index is 281. The van der Waals surface area contributed by atoms with Crippen molar-refractivity contribution in [2.75, 3.05) is 12.9 Å². The quantitative estimate of drug-likeness (QED) is 0.578. The van der Waals surface area contributed by atoms with Gasteiger partial charge in [0.25, 0.3) is 0 Å². The van der Waals surface area contributed by atoms with Crippen molar-refractivity contribution in [3.8, 4) is 5.75 Å². The van der Waals surface area contributed by atoms with Crippen LogP contribution < -0.4 is 4.74 Å². The summed E-state index contributed by atoms with van der Waals surface area (Å²) in [6.45, 7) is 2.26. The highest BCUT2D eigenvalue weighted by Crippen LogP contribution is 2.17. The molecule has 0 aliphatic heterocycles. The zero-order chi connectivity index (χ0) is 12.3. The Labute approximate surface area is 110 Å². The summed E-state index contributed by atoms with van der Waals surface area (Å²) in [6.07, 6.45) is 6.88. The average Bonchev–Trinajstić information content (AvgIpc) is 2.38. The first kappa shape index (κ1) is 14.4. The second kappa shape index (κ2) is 9.41. The van der Waals surface area contributed by atoms with E-state index in [9.17, 15) is 0 Å². The Morgan fingerprint density at radius 2 is 1.71 bits per heavy atom. The molecule has 0 heterocycles. The lowest BCUT2D eigenvalue weighted by Gasteiger charge is -2.04. The molecule has 0 saturated carbocycles. The minimum Gasteiger partial charge on any atom is -0.497 e. The zero-order valence-electron chi connectivity index (χ0n) is 11.1. The van der Waals surface area contributed by atoms with E-state index in [-0.39, 0.29) is 0 Å². The van der Waals surface area contributed by atoms with E-state index in [1.54, 1.807) is 7.11 Å². The molecule has 0 unspecified atom stereocenters. The molecule has 1 aromatic rings. The van der Waals surface area contributed by atoms with E-state index in [1.807, 2.05) is 23.9 Å². The van der Waals surface area contributed by atoms with Gasteiger partial charge in [-0.15, -0.1) is 0 Å². The standard InChI is InChI=1S/C15H24OS/c1-3-4-5-6-7-12-17-13-14-8-10-15(16-2)11-9-14/h8-11H,3-7,12-13H2,1-2H3. The maximum Gasteiger partial charge on any atom is 0.118 e. The molecule has 96 valence electrons. The molecule has 0 amide bonds. The van der Waals surface area contributed by atoms with E-state index in [1.165, 1.54) is 43.4 Å². The van der Waals surface area contributed by atoms with E-state index in [2.05, 4.69) is 19.1 Å². The first-order valence-corrected chi connectivity index (χ1v) is 7.73. The van der Waals surface area contributed by atoms with E-state index in [0.717, 1.165) is 11.5 Å². The van der Waals surface area contributed by atoms with E-state index >= 15 is 0 Å². The lowest BCUT2D eigenvalue weighted by molar-refractivity contribution is 0.414. The van der Waals surface area contributed by atoms with Crippen molar-refractivity contribution in [2.45, 2.75) is 44.8 Å². The highest BCUT2D eigenvalue weighted by molar-refractivity contribution is 7.98. The summed E-state index contributed by atoms with van der Waals surface area (Å²) < 4.78 is 5.14. The third kappa shape index (κ3) is 6.62. The summed E-state index contributed by atoms with van der Waals surface area (Å²) in [5.41, 5.74) is 1.39. The maximum absolute atomic E-state index is 5.14. The number of thioether (sulfide) groups is 1. The molecule has 0 saturated heterocycles. The van der Waals surface area contributed by atoms with Crippen LogP contribution in [0.2, 0.25) is 0 Å². The maximum atomic E-state index is 5.14. The third-order valence-corrected chi connectivity index (χ3v) is 3.93. The van der Waals surface area contributed by atoms with Gasteiger partial charge in [-0.2, -0.15) is 11.8 Å². The van der Waals surface area contributed by atoms with Gasteiger partial charge in [0.05, 0.1) is 7.11 Å². The predicted molar refractivity (Wildman–Crippen MR) is 77.9 cm³/mol. The number of benzene rings is 1. The summed E-state index contributed by atoms with van der Waals surface area (Å²) in [6, 6.07) is 8.39. The van der Waals surface area contributed by atoms with E-state index in [4.69, 9.17) is 4.74 Å². The van der Waals surface area contributed by atoms with Crippen molar-refractivity contribution < 1.29 is 4.74 Å². The number of ether oxygens (including phenoxy) is 1. The van der Waals surface area contributed by atoms with Crippen LogP contribution in [0.25, 0.3) is 0 Å². The Hall–Kier alpha value is -0.630. The lowest BCUT2D eigenvalue weighted by atomic mass is 10.2. The largest absolute Gasteiger partial charge is 0.497 e. The van der Waals surface area contributed by atoms with E-state index < -0.39 is 0 Å². The van der Waals surface area contributed by atoms with Crippen molar-refractivity contribution in [1.29, 1.82) is 0 Å². The molecule has 0 aromatic heterocycles. The predicted octanol–water partition coefficient (Wildman–Crippen LogP) is 4.90. The van der Waals surface area contributed by atoms with Crippen LogP contribution in [0, 0.1) is 0 Å². The smallest absolute Gasteiger partial charge is 0.118 e. The number of hydrogen-bond donors (Lipinski definition) is 0. The third-order valence-electron chi connectivity index (χ3n) is 2.82. The molecular formula is C15H24OS. The molecule has 1 rings (SSSR count). The molecule has 17 heavy (non-hydrogen) atoms. The van der Waals surface area contributed by atoms with Crippen molar-refractivity contribution >= 4 is 11.8 Å². The molecular weight excluding hydrogens is 228 g/mol. The van der Waals surface area contributed by atoms with Gasteiger partial charge in [-0.05, 0) is 29.9 Å². The topological polar surface area (TPSA) is 9.23 Å². The SMILES string of the molecule is CCCCCCCSCc1ccc(OC)cc1. The Morgan fingerprint density at radius 3 is 2.35 bits per heavy atom. The van der Waals surface area contributed by atoms with Crippen LogP contribution in [0.15, 0.2) is 24.3 Å². The van der Waals surface area contributed by atoms with Gasteiger partial charge in [0, 0.05) is 5.75 Å². The first-order valence-electron chi connectivity index (χ1n) is 6.57. The second-order valence-corrected chi connectivity index (χ2v) is 5.42. The number of unbranched alkanes of at least 4 members (excludes halogenated alkanes) is 4. The summed E-state index contributed by atoms with van der Waals surface area (Å²) in [4.78, 5) is 0. The lowest BCUT2D eigenvalue weighted by Crippen LogP contribution is -1.86. The van der Waals surface area contributed by atoms with Gasteiger partial charge >= 0.3 is 0 Å². The fraction of sp³-hybridized carbons (Fsp3) is 0.600. The summed E-state index contributed by atoms with van der Waals surface area (Å²) >= 11 is 2.04. The number of hydrogen-bond acceptors (Lipinski definition) is 2. The minimum absolute atomic E-state index is 0.943. The van der Waals surface area contributed by atoms with Crippen LogP contribution in [0.4, 0.5) is 0 Å². The Balaban J connectivity index is 2.05. The molecule has 0 spiro atoms. The fourth-order valence-electron chi connectivity index (χ4n) is 1.72. The molecule has 0 fully saturated rings. The highest BCUT2D eigenvalue weighted by atomic mass is 32.2. The van der Waals surface area contributed by atoms with Crippen LogP contribution >= 0.6 is 11.8 Å². The van der Waals surface area contributed by atoms with Gasteiger partial charge in [0.15, 0.2) is 0 Å². The molecule has 0 radical (unpaired) electrons. The molecule has 0 bridgehead atoms. The number of methoxy groups -OCH3 is 1. The first-order chi connectivity index (χ1) is 8.36. The normalized spacial score (nSPS) is 10.5. The Kier molecular flexibility index (Phi) is 7.98. The van der Waals surface area contributed by atoms with Crippen molar-refractivity contribution in [3.63, 3.8) is 0 Å². The van der Waals surface area contributed by atoms with Gasteiger partial charge < -0.3 is 4.74 Å². The van der Waals surface area contributed by atoms with Gasteiger partial charge in [-0.3, -0.25) is 0 Å². The van der Waals surface area contributed by atoms with Gasteiger partial charge in [-0.1, -0.05) is 44.7 Å². The molecule has 0 aliphatic carbocycles. The molecule has 0 atom stereocenters. The van der Waals surface area contributed by atoms with E-state index in [0.29, 0.717) is 0 Å². The van der Waals surface area contributed by atoms with Crippen LogP contribution in [0.5, 0.6) is 5.75 Å². The van der Waals surface area contributed by atoms with Gasteiger partial charge in [0.1, 0.15) is 5.75 Å². The van der Waals surface area contributed by atoms with Crippen LogP contribution in [-0.4, -0.2) is 12.9 Å². The summed E-state index contributed by atoms with van der Waals surface area (Å²) in [7, 11) is 1.71. The summed E-state index contributed by atoms with van der Waals surface area (Å²) in [5.74, 6) is 3.35. The van der Waals surface area contributed by atoms with Crippen molar-refractivity contribution in [3.05, 3.63) is 29.8 Å². The molecule has 0 N–H and O–H groups in total. The van der Waals surface area contributed by atoms with Crippen molar-refractivity contribution in [2.24, 2.45) is 0 Å². The van der Waals surface area contributed by atoms with Crippen LogP contribution in [-0.2, 0) is 5.75 Å². The highest BCUT2D eigenvalue weighted by Gasteiger charge is 1.95. The zero-order valence-corrected chi connectivity index (χ0v) is 11.9. The Morgan fingerprint density at radius 1 is 1.00 bits per heavy atom. The van der Waals surface area contributed by atoms with Crippen LogP contribution in [0.3, 0.4) is 0 Å². The summed E-state index contributed by atoms with van der Waals surface area (Å²) in [5, 5.41) is 0. The average molecular weight is 252 g/mol. The van der Waals surface area contributed by atoms with Crippen molar-refractivity contribution in [1.82, 2.24) is 0 Å². The minimum atomic E-state index is 0.943. The second-order valence-electron chi connectivity index (χ2n) is 4.31. The van der Waals surface area contributed by atoms with Crippen LogP contribution in [0.1, 0.15) is 44.6 Å². The van der Waals surface area contributed by atoms with Gasteiger partial charge in [0.2, 0.25) is 0 Å². The molecule has 2 heteroatoms. The molecule has 0 aliphatic rings. The molecule has 1 nitrogen and oxygen atoms in total.